The molecule has 0 spiro atoms. The van der Waals surface area contributed by atoms with Gasteiger partial charge in [-0.05, 0) is 32.2 Å². The first-order chi connectivity index (χ1) is 8.90. The molecule has 0 aromatic heterocycles. The highest BCUT2D eigenvalue weighted by atomic mass is 16.4. The summed E-state index contributed by atoms with van der Waals surface area (Å²) in [7, 11) is 0. The highest BCUT2D eigenvalue weighted by molar-refractivity contribution is 5.78. The molecule has 0 saturated carbocycles. The van der Waals surface area contributed by atoms with Gasteiger partial charge in [-0.15, -0.1) is 0 Å². The van der Waals surface area contributed by atoms with E-state index in [0.29, 0.717) is 12.5 Å². The topological polar surface area (TPSA) is 69.6 Å². The lowest BCUT2D eigenvalue weighted by Gasteiger charge is -2.34. The van der Waals surface area contributed by atoms with Crippen molar-refractivity contribution in [2.75, 3.05) is 13.1 Å². The van der Waals surface area contributed by atoms with E-state index >= 15 is 0 Å². The molecule has 1 rings (SSSR count). The maximum Gasteiger partial charge on any atom is 0.304 e. The highest BCUT2D eigenvalue weighted by Crippen LogP contribution is 2.19. The summed E-state index contributed by atoms with van der Waals surface area (Å²) in [5.74, 6) is -0.383. The van der Waals surface area contributed by atoms with Crippen LogP contribution in [0.2, 0.25) is 0 Å². The molecule has 1 aliphatic heterocycles. The third-order valence-corrected chi connectivity index (χ3v) is 3.89. The largest absolute Gasteiger partial charge is 0.481 e. The zero-order valence-corrected chi connectivity index (χ0v) is 12.2. The second-order valence-electron chi connectivity index (χ2n) is 5.82. The van der Waals surface area contributed by atoms with Crippen LogP contribution in [0.25, 0.3) is 0 Å². The molecule has 110 valence electrons. The summed E-state index contributed by atoms with van der Waals surface area (Å²) in [6, 6.07) is 0.154. The van der Waals surface area contributed by atoms with Crippen LogP contribution in [0, 0.1) is 5.92 Å². The van der Waals surface area contributed by atoms with Gasteiger partial charge < -0.3 is 10.4 Å². The van der Waals surface area contributed by atoms with Crippen LogP contribution in [0.4, 0.5) is 0 Å². The van der Waals surface area contributed by atoms with Crippen molar-refractivity contribution in [2.45, 2.75) is 58.5 Å². The van der Waals surface area contributed by atoms with Gasteiger partial charge in [-0.3, -0.25) is 14.5 Å². The Bertz CT molecular complexity index is 318. The van der Waals surface area contributed by atoms with Gasteiger partial charge in [-0.25, -0.2) is 0 Å². The normalized spacial score (nSPS) is 22.2. The molecule has 0 bridgehead atoms. The molecule has 0 aromatic rings. The van der Waals surface area contributed by atoms with Gasteiger partial charge in [0.25, 0.3) is 0 Å². The van der Waals surface area contributed by atoms with Crippen LogP contribution in [0.15, 0.2) is 0 Å². The van der Waals surface area contributed by atoms with Gasteiger partial charge >= 0.3 is 5.97 Å². The molecule has 5 nitrogen and oxygen atoms in total. The number of likely N-dealkylation sites (tertiary alicyclic amines) is 1. The van der Waals surface area contributed by atoms with E-state index in [1.54, 1.807) is 0 Å². The van der Waals surface area contributed by atoms with Gasteiger partial charge in [0.15, 0.2) is 0 Å². The van der Waals surface area contributed by atoms with Gasteiger partial charge in [0.05, 0.1) is 13.0 Å². The molecule has 1 amide bonds. The molecule has 0 radical (unpaired) electrons. The SMILES string of the molecule is CC(C)C(C)NC(=O)CN1CCCCC1CC(=O)O. The summed E-state index contributed by atoms with van der Waals surface area (Å²) in [5.41, 5.74) is 0. The van der Waals surface area contributed by atoms with Crippen molar-refractivity contribution in [1.29, 1.82) is 0 Å². The Balaban J connectivity index is 2.47. The molecule has 0 aromatic carbocycles. The number of rotatable bonds is 6. The fraction of sp³-hybridized carbons (Fsp3) is 0.857. The molecule has 1 saturated heterocycles. The minimum absolute atomic E-state index is 0.00140. The van der Waals surface area contributed by atoms with Crippen molar-refractivity contribution >= 4 is 11.9 Å². The summed E-state index contributed by atoms with van der Waals surface area (Å²) >= 11 is 0. The standard InChI is InChI=1S/C14H26N2O3/c1-10(2)11(3)15-13(17)9-16-7-5-4-6-12(16)8-14(18)19/h10-12H,4-9H2,1-3H3,(H,15,17)(H,18,19). The van der Waals surface area contributed by atoms with Crippen LogP contribution in [-0.2, 0) is 9.59 Å². The molecule has 5 heteroatoms. The van der Waals surface area contributed by atoms with E-state index in [9.17, 15) is 9.59 Å². The molecule has 0 aliphatic carbocycles. The van der Waals surface area contributed by atoms with Gasteiger partial charge in [-0.2, -0.15) is 0 Å². The number of aliphatic carboxylic acids is 1. The number of carbonyl (C=O) groups excluding carboxylic acids is 1. The van der Waals surface area contributed by atoms with E-state index in [2.05, 4.69) is 19.2 Å². The maximum absolute atomic E-state index is 12.0. The zero-order chi connectivity index (χ0) is 14.4. The van der Waals surface area contributed by atoms with Crippen molar-refractivity contribution in [3.63, 3.8) is 0 Å². The van der Waals surface area contributed by atoms with Crippen molar-refractivity contribution in [2.24, 2.45) is 5.92 Å². The van der Waals surface area contributed by atoms with Gasteiger partial charge in [0, 0.05) is 12.1 Å². The summed E-state index contributed by atoms with van der Waals surface area (Å²) in [6.07, 6.45) is 3.11. The minimum Gasteiger partial charge on any atom is -0.481 e. The van der Waals surface area contributed by atoms with Crippen molar-refractivity contribution < 1.29 is 14.7 Å². The minimum atomic E-state index is -0.784. The van der Waals surface area contributed by atoms with E-state index in [1.807, 2.05) is 11.8 Å². The molecule has 1 fully saturated rings. The lowest BCUT2D eigenvalue weighted by atomic mass is 9.99. The smallest absolute Gasteiger partial charge is 0.304 e. The Morgan fingerprint density at radius 3 is 2.58 bits per heavy atom. The van der Waals surface area contributed by atoms with Crippen LogP contribution < -0.4 is 5.32 Å². The third kappa shape index (κ3) is 5.59. The van der Waals surface area contributed by atoms with E-state index in [4.69, 9.17) is 5.11 Å². The number of carboxylic acid groups (broad SMARTS) is 1. The van der Waals surface area contributed by atoms with Crippen LogP contribution in [0.5, 0.6) is 0 Å². The number of nitrogens with zero attached hydrogens (tertiary/aromatic N) is 1. The number of amides is 1. The Labute approximate surface area is 115 Å². The summed E-state index contributed by atoms with van der Waals surface area (Å²) in [5, 5.41) is 11.9. The molecule has 1 aliphatic rings. The van der Waals surface area contributed by atoms with E-state index < -0.39 is 5.97 Å². The second-order valence-corrected chi connectivity index (χ2v) is 5.82. The van der Waals surface area contributed by atoms with E-state index in [0.717, 1.165) is 25.8 Å². The molecule has 2 atom stereocenters. The molecule has 1 heterocycles. The highest BCUT2D eigenvalue weighted by Gasteiger charge is 2.26. The van der Waals surface area contributed by atoms with Gasteiger partial charge in [-0.1, -0.05) is 20.3 Å². The average Bonchev–Trinajstić information content (AvgIpc) is 2.30. The van der Waals surface area contributed by atoms with E-state index in [-0.39, 0.29) is 24.4 Å². The molecular weight excluding hydrogens is 244 g/mol. The first-order valence-electron chi connectivity index (χ1n) is 7.15. The maximum atomic E-state index is 12.0. The first-order valence-corrected chi connectivity index (χ1v) is 7.15. The Morgan fingerprint density at radius 1 is 1.32 bits per heavy atom. The van der Waals surface area contributed by atoms with Crippen LogP contribution >= 0.6 is 0 Å². The van der Waals surface area contributed by atoms with Crippen molar-refractivity contribution in [3.8, 4) is 0 Å². The molecule has 2 unspecified atom stereocenters. The Morgan fingerprint density at radius 2 is 2.00 bits per heavy atom. The first kappa shape index (κ1) is 16.0. The molecule has 2 N–H and O–H groups in total. The monoisotopic (exact) mass is 270 g/mol. The fourth-order valence-electron chi connectivity index (χ4n) is 2.35. The lowest BCUT2D eigenvalue weighted by Crippen LogP contribution is -2.48. The number of piperidine rings is 1. The predicted octanol–water partition coefficient (Wildman–Crippen LogP) is 1.48. The summed E-state index contributed by atoms with van der Waals surface area (Å²) in [6.45, 7) is 7.27. The number of carboxylic acids is 1. The third-order valence-electron chi connectivity index (χ3n) is 3.89. The van der Waals surface area contributed by atoms with Crippen molar-refractivity contribution in [1.82, 2.24) is 10.2 Å². The predicted molar refractivity (Wildman–Crippen MR) is 73.9 cm³/mol. The quantitative estimate of drug-likeness (QED) is 0.767. The van der Waals surface area contributed by atoms with Crippen LogP contribution in [0.3, 0.4) is 0 Å². The van der Waals surface area contributed by atoms with Crippen LogP contribution in [0.1, 0.15) is 46.5 Å². The van der Waals surface area contributed by atoms with Gasteiger partial charge in [0.1, 0.15) is 0 Å². The Kier molecular flexibility index (Phi) is 6.28. The molecular formula is C14H26N2O3. The average molecular weight is 270 g/mol. The van der Waals surface area contributed by atoms with Crippen molar-refractivity contribution in [3.05, 3.63) is 0 Å². The summed E-state index contributed by atoms with van der Waals surface area (Å²) < 4.78 is 0. The zero-order valence-electron chi connectivity index (χ0n) is 12.2. The number of carbonyl (C=O) groups is 2. The molecule has 19 heavy (non-hydrogen) atoms. The second kappa shape index (κ2) is 7.48. The fourth-order valence-corrected chi connectivity index (χ4v) is 2.35. The number of hydrogen-bond acceptors (Lipinski definition) is 3. The lowest BCUT2D eigenvalue weighted by molar-refractivity contribution is -0.139. The number of nitrogens with one attached hydrogen (secondary N) is 1. The summed E-state index contributed by atoms with van der Waals surface area (Å²) in [4.78, 5) is 24.8. The number of hydrogen-bond donors (Lipinski definition) is 2. The van der Waals surface area contributed by atoms with Crippen LogP contribution in [-0.4, -0.2) is 47.1 Å². The van der Waals surface area contributed by atoms with Gasteiger partial charge in [0.2, 0.25) is 5.91 Å². The Hall–Kier alpha value is -1.10. The van der Waals surface area contributed by atoms with E-state index in [1.165, 1.54) is 0 Å².